The van der Waals surface area contributed by atoms with Crippen LogP contribution in [0.15, 0.2) is 42.5 Å². The van der Waals surface area contributed by atoms with Gasteiger partial charge in [-0.25, -0.2) is 18.4 Å². The molecule has 0 amide bonds. The van der Waals surface area contributed by atoms with E-state index in [0.29, 0.717) is 12.1 Å². The summed E-state index contributed by atoms with van der Waals surface area (Å²) in [6.45, 7) is 0. The molecule has 3 nitrogen and oxygen atoms in total. The highest BCUT2D eigenvalue weighted by Crippen LogP contribution is 2.61. The summed E-state index contributed by atoms with van der Waals surface area (Å²) < 4.78 is 162. The summed E-state index contributed by atoms with van der Waals surface area (Å²) in [4.78, 5) is 3.95. The molecule has 196 valence electrons. The van der Waals surface area contributed by atoms with Crippen LogP contribution in [0, 0.1) is 5.82 Å². The largest absolute Gasteiger partial charge is 0.438 e. The van der Waals surface area contributed by atoms with E-state index in [1.165, 1.54) is 19.2 Å². The van der Waals surface area contributed by atoms with E-state index in [-0.39, 0.29) is 39.9 Å². The first-order valence-corrected chi connectivity index (χ1v) is 9.69. The molecule has 0 aliphatic heterocycles. The van der Waals surface area contributed by atoms with Crippen molar-refractivity contribution in [2.45, 2.75) is 29.9 Å². The van der Waals surface area contributed by atoms with Crippen molar-refractivity contribution in [1.82, 2.24) is 14.8 Å². The molecule has 1 heterocycles. The van der Waals surface area contributed by atoms with Gasteiger partial charge in [0, 0.05) is 18.2 Å². The number of hydrogen-bond acceptors (Lipinski definition) is 2. The van der Waals surface area contributed by atoms with Crippen molar-refractivity contribution in [1.29, 1.82) is 0 Å². The third-order valence-corrected chi connectivity index (χ3v) is 5.38. The van der Waals surface area contributed by atoms with Crippen molar-refractivity contribution in [3.05, 3.63) is 58.9 Å². The Balaban J connectivity index is 2.05. The maximum atomic E-state index is 14.3. The van der Waals surface area contributed by atoms with Crippen LogP contribution in [-0.2, 0) is 13.0 Å². The minimum atomic E-state index is -7.56. The van der Waals surface area contributed by atoms with Crippen molar-refractivity contribution >= 4 is 11.6 Å². The van der Waals surface area contributed by atoms with Gasteiger partial charge in [-0.15, -0.1) is 0 Å². The molecule has 0 atom stereocenters. The molecule has 0 aliphatic rings. The van der Waals surface area contributed by atoms with Crippen LogP contribution in [0.1, 0.15) is 5.56 Å². The lowest BCUT2D eigenvalue weighted by Gasteiger charge is -2.39. The molecule has 3 aromatic rings. The molecule has 0 aliphatic carbocycles. The molecule has 0 saturated heterocycles. The highest BCUT2D eigenvalue weighted by Gasteiger charge is 2.90. The number of hydrogen-bond donors (Lipinski definition) is 0. The summed E-state index contributed by atoms with van der Waals surface area (Å²) in [7, 11) is 1.25. The normalized spacial score (nSPS) is 13.8. The Hall–Kier alpha value is -2.97. The van der Waals surface area contributed by atoms with Crippen LogP contribution in [0.3, 0.4) is 0 Å². The first-order chi connectivity index (χ1) is 16.3. The smallest absolute Gasteiger partial charge is 0.248 e. The lowest BCUT2D eigenvalue weighted by atomic mass is 9.87. The molecule has 0 N–H and O–H groups in total. The zero-order valence-electron chi connectivity index (χ0n) is 17.3. The van der Waals surface area contributed by atoms with Gasteiger partial charge in [-0.05, 0) is 12.1 Å². The fraction of sp³-hybridized carbons (Fsp3) is 0.300. The Morgan fingerprint density at radius 1 is 0.778 bits per heavy atom. The van der Waals surface area contributed by atoms with E-state index in [0.717, 1.165) is 10.7 Å². The molecular formula is C20H10ClF12N3. The number of alkyl halides is 11. The van der Waals surface area contributed by atoms with Crippen molar-refractivity contribution in [2.75, 3.05) is 0 Å². The monoisotopic (exact) mass is 555 g/mol. The number of nitrogens with zero attached hydrogens (tertiary/aromatic N) is 3. The van der Waals surface area contributed by atoms with E-state index in [4.69, 9.17) is 11.6 Å². The van der Waals surface area contributed by atoms with Gasteiger partial charge in [0.15, 0.2) is 11.6 Å². The van der Waals surface area contributed by atoms with E-state index in [1.807, 2.05) is 0 Å². The van der Waals surface area contributed by atoms with Gasteiger partial charge in [-0.3, -0.25) is 0 Å². The van der Waals surface area contributed by atoms with Gasteiger partial charge < -0.3 is 0 Å². The highest BCUT2D eigenvalue weighted by molar-refractivity contribution is 6.33. The molecule has 0 spiro atoms. The average Bonchev–Trinajstić information content (AvgIpc) is 3.12. The third kappa shape index (κ3) is 4.06. The van der Waals surface area contributed by atoms with Gasteiger partial charge in [-0.2, -0.15) is 49.0 Å². The average molecular weight is 556 g/mol. The summed E-state index contributed by atoms with van der Waals surface area (Å²) in [5.74, 6) is -14.9. The minimum absolute atomic E-state index is 0.0703. The van der Waals surface area contributed by atoms with E-state index in [1.54, 1.807) is 0 Å². The Kier molecular flexibility index (Phi) is 6.56. The lowest BCUT2D eigenvalue weighted by molar-refractivity contribution is -0.429. The summed E-state index contributed by atoms with van der Waals surface area (Å²) in [5.41, 5.74) is -10.1. The standard InChI is InChI=1S/C20H10ClF12N3/c1-36-15(34-14(35-36)13-11(21)3-2-4-12(13)22)9-5-7-10(8-6-9)16(23,24)18(26,27)17(25,19(28,29)30)20(31,32)33/h2-8H,1H3. The molecule has 1 aromatic heterocycles. The second-order valence-corrected chi connectivity index (χ2v) is 7.77. The fourth-order valence-corrected chi connectivity index (χ4v) is 3.44. The van der Waals surface area contributed by atoms with Crippen molar-refractivity contribution in [2.24, 2.45) is 7.05 Å². The van der Waals surface area contributed by atoms with Crippen LogP contribution >= 0.6 is 11.6 Å². The van der Waals surface area contributed by atoms with E-state index < -0.39 is 41.2 Å². The van der Waals surface area contributed by atoms with Crippen LogP contribution in [0.25, 0.3) is 22.8 Å². The number of aromatic nitrogens is 3. The number of benzene rings is 2. The Labute approximate surface area is 198 Å². The summed E-state index contributed by atoms with van der Waals surface area (Å²) >= 11 is 5.91. The van der Waals surface area contributed by atoms with Gasteiger partial charge in [-0.1, -0.05) is 41.9 Å². The van der Waals surface area contributed by atoms with E-state index >= 15 is 0 Å². The van der Waals surface area contributed by atoms with Crippen LogP contribution in [0.4, 0.5) is 52.7 Å². The molecule has 0 fully saturated rings. The third-order valence-electron chi connectivity index (χ3n) is 5.06. The minimum Gasteiger partial charge on any atom is -0.248 e. The molecule has 36 heavy (non-hydrogen) atoms. The quantitative estimate of drug-likeness (QED) is 0.305. The molecule has 0 bridgehead atoms. The SMILES string of the molecule is Cn1nc(-c2c(F)cccc2Cl)nc1-c1ccc(C(F)(F)C(F)(F)C(F)(C(F)(F)F)C(F)(F)F)cc1. The van der Waals surface area contributed by atoms with Crippen molar-refractivity contribution < 1.29 is 52.7 Å². The lowest BCUT2D eigenvalue weighted by Crippen LogP contribution is -2.69. The van der Waals surface area contributed by atoms with Crippen LogP contribution in [-0.4, -0.2) is 38.7 Å². The molecular weight excluding hydrogens is 546 g/mol. The zero-order chi connectivity index (χ0) is 27.5. The van der Waals surface area contributed by atoms with Gasteiger partial charge in [0.1, 0.15) is 5.82 Å². The molecule has 2 aromatic carbocycles. The summed E-state index contributed by atoms with van der Waals surface area (Å²) in [5, 5.41) is 3.79. The van der Waals surface area contributed by atoms with Gasteiger partial charge >= 0.3 is 29.9 Å². The Morgan fingerprint density at radius 3 is 1.78 bits per heavy atom. The van der Waals surface area contributed by atoms with Crippen molar-refractivity contribution in [3.63, 3.8) is 0 Å². The predicted molar refractivity (Wildman–Crippen MR) is 102 cm³/mol. The molecule has 0 saturated carbocycles. The maximum absolute atomic E-state index is 14.3. The van der Waals surface area contributed by atoms with Gasteiger partial charge in [0.05, 0.1) is 10.6 Å². The van der Waals surface area contributed by atoms with Crippen LogP contribution in [0.2, 0.25) is 5.02 Å². The van der Waals surface area contributed by atoms with E-state index in [2.05, 4.69) is 10.1 Å². The number of aryl methyl sites for hydroxylation is 1. The molecule has 3 rings (SSSR count). The Morgan fingerprint density at radius 2 is 1.31 bits per heavy atom. The predicted octanol–water partition coefficient (Wildman–Crippen LogP) is 7.50. The fourth-order valence-electron chi connectivity index (χ4n) is 3.20. The van der Waals surface area contributed by atoms with Crippen molar-refractivity contribution in [3.8, 4) is 22.8 Å². The first-order valence-electron chi connectivity index (χ1n) is 9.31. The second-order valence-electron chi connectivity index (χ2n) is 7.36. The van der Waals surface area contributed by atoms with Gasteiger partial charge in [0.2, 0.25) is 0 Å². The summed E-state index contributed by atoms with van der Waals surface area (Å²) in [6.07, 6.45) is -14.9. The topological polar surface area (TPSA) is 30.7 Å². The zero-order valence-corrected chi connectivity index (χ0v) is 18.1. The van der Waals surface area contributed by atoms with E-state index in [9.17, 15) is 52.7 Å². The first kappa shape index (κ1) is 27.6. The Bertz CT molecular complexity index is 1230. The molecule has 16 heteroatoms. The van der Waals surface area contributed by atoms with Crippen LogP contribution < -0.4 is 0 Å². The second kappa shape index (κ2) is 8.56. The molecule has 0 unspecified atom stereocenters. The molecule has 0 radical (unpaired) electrons. The summed E-state index contributed by atoms with van der Waals surface area (Å²) in [6, 6.07) is 4.94. The van der Waals surface area contributed by atoms with Crippen LogP contribution in [0.5, 0.6) is 0 Å². The highest BCUT2D eigenvalue weighted by atomic mass is 35.5. The number of halogens is 13. The number of rotatable bonds is 5. The maximum Gasteiger partial charge on any atom is 0.438 e. The van der Waals surface area contributed by atoms with Gasteiger partial charge in [0.25, 0.3) is 0 Å².